The molecule has 0 aliphatic heterocycles. The summed E-state index contributed by atoms with van der Waals surface area (Å²) >= 11 is 1.25. The van der Waals surface area contributed by atoms with E-state index in [4.69, 9.17) is 23.7 Å². The second-order valence-corrected chi connectivity index (χ2v) is 7.92. The van der Waals surface area contributed by atoms with E-state index in [2.05, 4.69) is 4.72 Å². The third-order valence-electron chi connectivity index (χ3n) is 5.01. The topological polar surface area (TPSA) is 101 Å². The van der Waals surface area contributed by atoms with Crippen LogP contribution in [0.5, 0.6) is 28.7 Å². The number of methoxy groups -OCH3 is 5. The fourth-order valence-electron chi connectivity index (χ4n) is 3.28. The van der Waals surface area contributed by atoms with E-state index < -0.39 is 4.92 Å². The van der Waals surface area contributed by atoms with Crippen LogP contribution in [-0.2, 0) is 0 Å². The standard InChI is InChI=1S/C25H26N2O7S/c1-30-21-13-17(10-9-16-11-23(32-3)25(34-5)24(12-16)33-4)20(15-22(21)31-2)26-35-19-8-6-7-18(14-19)27(28)29/h6-15,26H,1-5H3/b10-9-. The summed E-state index contributed by atoms with van der Waals surface area (Å²) in [6.07, 6.45) is 3.80. The van der Waals surface area contributed by atoms with E-state index in [-0.39, 0.29) is 5.69 Å². The van der Waals surface area contributed by atoms with Gasteiger partial charge in [0, 0.05) is 28.7 Å². The quantitative estimate of drug-likeness (QED) is 0.149. The van der Waals surface area contributed by atoms with Crippen molar-refractivity contribution >= 4 is 35.5 Å². The van der Waals surface area contributed by atoms with Gasteiger partial charge in [-0.25, -0.2) is 0 Å². The first-order valence-corrected chi connectivity index (χ1v) is 11.2. The Balaban J connectivity index is 1.97. The summed E-state index contributed by atoms with van der Waals surface area (Å²) in [6, 6.07) is 13.7. The highest BCUT2D eigenvalue weighted by atomic mass is 32.2. The summed E-state index contributed by atoms with van der Waals surface area (Å²) in [5.41, 5.74) is 2.37. The van der Waals surface area contributed by atoms with Gasteiger partial charge in [-0.15, -0.1) is 0 Å². The first-order valence-electron chi connectivity index (χ1n) is 10.4. The van der Waals surface area contributed by atoms with E-state index in [1.54, 1.807) is 53.7 Å². The summed E-state index contributed by atoms with van der Waals surface area (Å²) < 4.78 is 30.4. The van der Waals surface area contributed by atoms with Crippen LogP contribution in [0.2, 0.25) is 0 Å². The smallest absolute Gasteiger partial charge is 0.270 e. The molecule has 0 aromatic heterocycles. The van der Waals surface area contributed by atoms with Crippen molar-refractivity contribution in [3.05, 3.63) is 69.8 Å². The fourth-order valence-corrected chi connectivity index (χ4v) is 4.01. The van der Waals surface area contributed by atoms with Crippen molar-refractivity contribution in [3.8, 4) is 28.7 Å². The van der Waals surface area contributed by atoms with Crippen LogP contribution in [0.1, 0.15) is 11.1 Å². The predicted molar refractivity (Wildman–Crippen MR) is 137 cm³/mol. The van der Waals surface area contributed by atoms with Crippen LogP contribution in [0.25, 0.3) is 12.2 Å². The number of hydrogen-bond acceptors (Lipinski definition) is 9. The van der Waals surface area contributed by atoms with Crippen molar-refractivity contribution in [1.29, 1.82) is 0 Å². The Morgan fingerprint density at radius 1 is 0.800 bits per heavy atom. The molecule has 0 atom stereocenters. The van der Waals surface area contributed by atoms with Gasteiger partial charge in [-0.05, 0) is 41.8 Å². The molecule has 3 aromatic carbocycles. The van der Waals surface area contributed by atoms with E-state index in [1.165, 1.54) is 24.1 Å². The monoisotopic (exact) mass is 498 g/mol. The molecule has 35 heavy (non-hydrogen) atoms. The summed E-state index contributed by atoms with van der Waals surface area (Å²) in [4.78, 5) is 11.4. The van der Waals surface area contributed by atoms with E-state index in [0.717, 1.165) is 16.8 Å². The van der Waals surface area contributed by atoms with E-state index >= 15 is 0 Å². The average molecular weight is 499 g/mol. The molecule has 0 saturated heterocycles. The number of nitro benzene ring substituents is 1. The largest absolute Gasteiger partial charge is 0.493 e. The summed E-state index contributed by atoms with van der Waals surface area (Å²) in [5, 5.41) is 11.1. The molecule has 3 rings (SSSR count). The Morgan fingerprint density at radius 3 is 2.00 bits per heavy atom. The molecular formula is C25H26N2O7S. The minimum atomic E-state index is -0.425. The zero-order chi connectivity index (χ0) is 25.4. The Bertz CT molecular complexity index is 1210. The second kappa shape index (κ2) is 11.9. The highest BCUT2D eigenvalue weighted by molar-refractivity contribution is 8.00. The van der Waals surface area contributed by atoms with Gasteiger partial charge in [-0.3, -0.25) is 10.1 Å². The van der Waals surface area contributed by atoms with Crippen LogP contribution >= 0.6 is 11.9 Å². The number of benzene rings is 3. The zero-order valence-electron chi connectivity index (χ0n) is 20.0. The van der Waals surface area contributed by atoms with Gasteiger partial charge >= 0.3 is 0 Å². The SMILES string of the molecule is COc1cc(/C=C\c2cc(OC)c(OC)c(OC)c2)c(NSc2cccc([N+](=O)[O-])c2)cc1OC. The van der Waals surface area contributed by atoms with Gasteiger partial charge in [0.25, 0.3) is 5.69 Å². The molecule has 0 amide bonds. The Kier molecular flexibility index (Phi) is 8.69. The Hall–Kier alpha value is -4.05. The predicted octanol–water partition coefficient (Wildman–Crippen LogP) is 5.93. The first-order chi connectivity index (χ1) is 16.9. The Morgan fingerprint density at radius 2 is 1.43 bits per heavy atom. The minimum Gasteiger partial charge on any atom is -0.493 e. The number of rotatable bonds is 11. The van der Waals surface area contributed by atoms with Crippen LogP contribution in [0, 0.1) is 10.1 Å². The lowest BCUT2D eigenvalue weighted by molar-refractivity contribution is -0.385. The van der Waals surface area contributed by atoms with Crippen molar-refractivity contribution in [2.24, 2.45) is 0 Å². The van der Waals surface area contributed by atoms with Crippen molar-refractivity contribution in [2.45, 2.75) is 4.90 Å². The van der Waals surface area contributed by atoms with Gasteiger partial charge in [-0.2, -0.15) is 0 Å². The number of non-ortho nitro benzene ring substituents is 1. The molecule has 0 heterocycles. The number of hydrogen-bond donors (Lipinski definition) is 1. The maximum Gasteiger partial charge on any atom is 0.270 e. The third kappa shape index (κ3) is 6.10. The maximum absolute atomic E-state index is 11.1. The highest BCUT2D eigenvalue weighted by Gasteiger charge is 2.14. The number of nitrogens with one attached hydrogen (secondary N) is 1. The summed E-state index contributed by atoms with van der Waals surface area (Å²) in [7, 11) is 7.80. The second-order valence-electron chi connectivity index (χ2n) is 7.05. The molecule has 0 spiro atoms. The summed E-state index contributed by atoms with van der Waals surface area (Å²) in [6.45, 7) is 0. The lowest BCUT2D eigenvalue weighted by Gasteiger charge is -2.15. The lowest BCUT2D eigenvalue weighted by Crippen LogP contribution is -1.97. The molecule has 1 N–H and O–H groups in total. The molecule has 0 unspecified atom stereocenters. The van der Waals surface area contributed by atoms with Crippen molar-refractivity contribution in [3.63, 3.8) is 0 Å². The van der Waals surface area contributed by atoms with E-state index in [0.29, 0.717) is 33.6 Å². The average Bonchev–Trinajstić information content (AvgIpc) is 2.89. The molecule has 3 aromatic rings. The molecule has 184 valence electrons. The minimum absolute atomic E-state index is 0.0200. The first kappa shape index (κ1) is 25.6. The van der Waals surface area contributed by atoms with Gasteiger partial charge in [0.1, 0.15) is 0 Å². The molecule has 0 bridgehead atoms. The molecule has 10 heteroatoms. The van der Waals surface area contributed by atoms with Gasteiger partial charge < -0.3 is 28.4 Å². The Labute approximate surface area is 207 Å². The van der Waals surface area contributed by atoms with Gasteiger partial charge in [0.05, 0.1) is 46.2 Å². The van der Waals surface area contributed by atoms with Gasteiger partial charge in [0.2, 0.25) is 5.75 Å². The van der Waals surface area contributed by atoms with Crippen molar-refractivity contribution < 1.29 is 28.6 Å². The van der Waals surface area contributed by atoms with Crippen LogP contribution in [0.15, 0.2) is 53.4 Å². The molecule has 9 nitrogen and oxygen atoms in total. The molecule has 0 saturated carbocycles. The van der Waals surface area contributed by atoms with Crippen molar-refractivity contribution in [1.82, 2.24) is 0 Å². The molecule has 0 fully saturated rings. The van der Waals surface area contributed by atoms with Gasteiger partial charge in [0.15, 0.2) is 23.0 Å². The number of nitrogens with zero attached hydrogens (tertiary/aromatic N) is 1. The molecule has 0 radical (unpaired) electrons. The van der Waals surface area contributed by atoms with E-state index in [9.17, 15) is 10.1 Å². The van der Waals surface area contributed by atoms with Crippen LogP contribution in [0.4, 0.5) is 11.4 Å². The number of anilines is 1. The summed E-state index contributed by atoms with van der Waals surface area (Å²) in [5.74, 6) is 2.69. The lowest BCUT2D eigenvalue weighted by atomic mass is 10.1. The molecule has 0 aliphatic carbocycles. The van der Waals surface area contributed by atoms with Crippen molar-refractivity contribution in [2.75, 3.05) is 40.3 Å². The number of nitro groups is 1. The third-order valence-corrected chi connectivity index (χ3v) is 5.82. The molecule has 0 aliphatic rings. The van der Waals surface area contributed by atoms with Crippen LogP contribution in [0.3, 0.4) is 0 Å². The molecular weight excluding hydrogens is 472 g/mol. The highest BCUT2D eigenvalue weighted by Crippen LogP contribution is 2.40. The van der Waals surface area contributed by atoms with Crippen LogP contribution in [-0.4, -0.2) is 40.5 Å². The fraction of sp³-hybridized carbons (Fsp3) is 0.200. The zero-order valence-corrected chi connectivity index (χ0v) is 20.8. The van der Waals surface area contributed by atoms with E-state index in [1.807, 2.05) is 30.4 Å². The normalized spacial score (nSPS) is 10.7. The van der Waals surface area contributed by atoms with Crippen LogP contribution < -0.4 is 28.4 Å². The van der Waals surface area contributed by atoms with Gasteiger partial charge in [-0.1, -0.05) is 18.2 Å². The number of ether oxygens (including phenoxy) is 5. The maximum atomic E-state index is 11.1.